The molecule has 0 atom stereocenters. The molecule has 0 radical (unpaired) electrons. The van der Waals surface area contributed by atoms with Crippen molar-refractivity contribution in [3.63, 3.8) is 0 Å². The molecular weight excluding hydrogens is 300 g/mol. The van der Waals surface area contributed by atoms with Crippen LogP contribution in [0.5, 0.6) is 0 Å². The van der Waals surface area contributed by atoms with E-state index in [9.17, 15) is 0 Å². The molecule has 0 rings (SSSR count). The molecule has 6 heteroatoms. The molecule has 0 saturated carbocycles. The van der Waals surface area contributed by atoms with Crippen molar-refractivity contribution >= 4 is 17.1 Å². The van der Waals surface area contributed by atoms with Gasteiger partial charge in [-0.3, -0.25) is 0 Å². The highest BCUT2D eigenvalue weighted by Gasteiger charge is 2.37. The Labute approximate surface area is 132 Å². The Morgan fingerprint density at radius 2 is 0.952 bits per heavy atom. The van der Waals surface area contributed by atoms with Crippen molar-refractivity contribution in [1.82, 2.24) is 0 Å². The molecule has 0 aromatic carbocycles. The first-order valence-corrected chi connectivity index (χ1v) is 12.1. The van der Waals surface area contributed by atoms with Crippen molar-refractivity contribution in [1.29, 1.82) is 0 Å². The SMILES string of the molecule is C=C[Si](CCC[Si](C=C)(OCC)OCC)(OCC)OCC. The summed E-state index contributed by atoms with van der Waals surface area (Å²) >= 11 is 0. The number of hydrogen-bond acceptors (Lipinski definition) is 4. The van der Waals surface area contributed by atoms with E-state index in [1.165, 1.54) is 0 Å². The highest BCUT2D eigenvalue weighted by molar-refractivity contribution is 6.74. The third kappa shape index (κ3) is 7.03. The van der Waals surface area contributed by atoms with Crippen molar-refractivity contribution in [2.24, 2.45) is 0 Å². The van der Waals surface area contributed by atoms with Gasteiger partial charge in [0.1, 0.15) is 0 Å². The molecule has 0 aliphatic heterocycles. The van der Waals surface area contributed by atoms with Crippen molar-refractivity contribution in [3.8, 4) is 0 Å². The highest BCUT2D eigenvalue weighted by atomic mass is 28.4. The number of hydrogen-bond donors (Lipinski definition) is 0. The molecule has 0 aromatic rings. The van der Waals surface area contributed by atoms with Gasteiger partial charge in [-0.1, -0.05) is 0 Å². The van der Waals surface area contributed by atoms with Gasteiger partial charge in [-0.25, -0.2) is 0 Å². The summed E-state index contributed by atoms with van der Waals surface area (Å²) in [5.41, 5.74) is 3.77. The fraction of sp³-hybridized carbons (Fsp3) is 0.733. The summed E-state index contributed by atoms with van der Waals surface area (Å²) in [5.74, 6) is 0. The molecule has 0 saturated heterocycles. The summed E-state index contributed by atoms with van der Waals surface area (Å²) in [4.78, 5) is 0. The molecule has 0 N–H and O–H groups in total. The predicted molar refractivity (Wildman–Crippen MR) is 92.6 cm³/mol. The molecule has 21 heavy (non-hydrogen) atoms. The second kappa shape index (κ2) is 11.3. The topological polar surface area (TPSA) is 36.9 Å². The Balaban J connectivity index is 4.69. The zero-order chi connectivity index (χ0) is 16.2. The molecule has 0 fully saturated rings. The van der Waals surface area contributed by atoms with Crippen LogP contribution >= 0.6 is 0 Å². The second-order valence-electron chi connectivity index (χ2n) is 4.62. The van der Waals surface area contributed by atoms with Crippen molar-refractivity contribution in [2.75, 3.05) is 26.4 Å². The first kappa shape index (κ1) is 20.8. The Morgan fingerprint density at radius 1 is 0.667 bits per heavy atom. The van der Waals surface area contributed by atoms with Crippen LogP contribution < -0.4 is 0 Å². The lowest BCUT2D eigenvalue weighted by Crippen LogP contribution is -2.43. The molecule has 0 aliphatic rings. The van der Waals surface area contributed by atoms with E-state index < -0.39 is 17.1 Å². The van der Waals surface area contributed by atoms with Gasteiger partial charge < -0.3 is 17.7 Å². The summed E-state index contributed by atoms with van der Waals surface area (Å²) in [5, 5.41) is 0. The van der Waals surface area contributed by atoms with Crippen LogP contribution in [0, 0.1) is 0 Å². The van der Waals surface area contributed by atoms with Crippen LogP contribution in [0.25, 0.3) is 0 Å². The first-order chi connectivity index (χ1) is 10.1. The maximum absolute atomic E-state index is 5.89. The second-order valence-corrected chi connectivity index (χ2v) is 10.8. The Kier molecular flexibility index (Phi) is 11.2. The van der Waals surface area contributed by atoms with E-state index in [0.29, 0.717) is 26.4 Å². The van der Waals surface area contributed by atoms with Crippen LogP contribution in [0.4, 0.5) is 0 Å². The standard InChI is InChI=1S/C15H32O4Si2/c1-7-16-20(11-5,17-8-2)14-13-15-21(12-6,18-9-3)19-10-4/h11-12H,5-10,13-15H2,1-4H3. The molecular formula is C15H32O4Si2. The van der Waals surface area contributed by atoms with E-state index in [1.807, 2.05) is 39.1 Å². The van der Waals surface area contributed by atoms with Gasteiger partial charge in [-0.2, -0.15) is 0 Å². The Bertz CT molecular complexity index is 257. The Morgan fingerprint density at radius 3 is 1.14 bits per heavy atom. The summed E-state index contributed by atoms with van der Waals surface area (Å²) in [6, 6.07) is 1.75. The van der Waals surface area contributed by atoms with Crippen LogP contribution in [0.15, 0.2) is 24.6 Å². The first-order valence-electron chi connectivity index (χ1n) is 7.90. The fourth-order valence-electron chi connectivity index (χ4n) is 2.37. The maximum Gasteiger partial charge on any atom is 0.364 e. The van der Waals surface area contributed by atoms with E-state index in [-0.39, 0.29) is 0 Å². The van der Waals surface area contributed by atoms with Gasteiger partial charge in [-0.15, -0.1) is 13.2 Å². The third-order valence-electron chi connectivity index (χ3n) is 3.23. The van der Waals surface area contributed by atoms with Gasteiger partial charge in [0.15, 0.2) is 0 Å². The molecule has 0 spiro atoms. The number of rotatable bonds is 14. The minimum Gasteiger partial charge on any atom is -0.392 e. The van der Waals surface area contributed by atoms with Crippen LogP contribution in [-0.2, 0) is 17.7 Å². The Hall–Kier alpha value is -0.246. The summed E-state index contributed by atoms with van der Waals surface area (Å²) < 4.78 is 23.6. The minimum absolute atomic E-state index is 0.652. The van der Waals surface area contributed by atoms with Crippen LogP contribution in [0.3, 0.4) is 0 Å². The van der Waals surface area contributed by atoms with Crippen molar-refractivity contribution in [3.05, 3.63) is 24.6 Å². The maximum atomic E-state index is 5.89. The zero-order valence-electron chi connectivity index (χ0n) is 14.2. The van der Waals surface area contributed by atoms with Crippen LogP contribution in [0.2, 0.25) is 12.1 Å². The van der Waals surface area contributed by atoms with Crippen molar-refractivity contribution < 1.29 is 17.7 Å². The van der Waals surface area contributed by atoms with Crippen LogP contribution in [0.1, 0.15) is 34.1 Å². The molecule has 124 valence electrons. The average molecular weight is 333 g/mol. The van der Waals surface area contributed by atoms with Gasteiger partial charge in [0.25, 0.3) is 0 Å². The molecule has 4 nitrogen and oxygen atoms in total. The molecule has 0 unspecified atom stereocenters. The van der Waals surface area contributed by atoms with E-state index >= 15 is 0 Å². The summed E-state index contributed by atoms with van der Waals surface area (Å²) in [7, 11) is -4.57. The molecule has 0 amide bonds. The van der Waals surface area contributed by atoms with Gasteiger partial charge >= 0.3 is 17.1 Å². The average Bonchev–Trinajstić information content (AvgIpc) is 2.48. The smallest absolute Gasteiger partial charge is 0.364 e. The van der Waals surface area contributed by atoms with E-state index in [4.69, 9.17) is 17.7 Å². The highest BCUT2D eigenvalue weighted by Crippen LogP contribution is 2.24. The molecule has 0 aliphatic carbocycles. The van der Waals surface area contributed by atoms with E-state index in [2.05, 4.69) is 13.2 Å². The third-order valence-corrected chi connectivity index (χ3v) is 9.68. The summed E-state index contributed by atoms with van der Waals surface area (Å²) in [6.07, 6.45) is 0.941. The lowest BCUT2D eigenvalue weighted by atomic mass is 10.6. The lowest BCUT2D eigenvalue weighted by molar-refractivity contribution is 0.188. The fourth-order valence-corrected chi connectivity index (χ4v) is 7.64. The molecule has 0 aromatic heterocycles. The van der Waals surface area contributed by atoms with Gasteiger partial charge in [0, 0.05) is 26.4 Å². The normalized spacial score (nSPS) is 12.4. The summed E-state index contributed by atoms with van der Waals surface area (Å²) in [6.45, 7) is 18.4. The quantitative estimate of drug-likeness (QED) is 0.453. The zero-order valence-corrected chi connectivity index (χ0v) is 16.2. The monoisotopic (exact) mass is 332 g/mol. The van der Waals surface area contributed by atoms with Crippen LogP contribution in [-0.4, -0.2) is 43.5 Å². The molecule has 0 heterocycles. The van der Waals surface area contributed by atoms with Gasteiger partial charge in [-0.05, 0) is 57.6 Å². The predicted octanol–water partition coefficient (Wildman–Crippen LogP) is 3.86. The van der Waals surface area contributed by atoms with Gasteiger partial charge in [0.05, 0.1) is 0 Å². The van der Waals surface area contributed by atoms with Crippen molar-refractivity contribution in [2.45, 2.75) is 46.2 Å². The van der Waals surface area contributed by atoms with E-state index in [1.54, 1.807) is 0 Å². The van der Waals surface area contributed by atoms with E-state index in [0.717, 1.165) is 18.5 Å². The molecule has 0 bridgehead atoms. The van der Waals surface area contributed by atoms with Gasteiger partial charge in [0.2, 0.25) is 0 Å². The minimum atomic E-state index is -2.29. The largest absolute Gasteiger partial charge is 0.392 e. The lowest BCUT2D eigenvalue weighted by Gasteiger charge is -2.30.